The van der Waals surface area contributed by atoms with Gasteiger partial charge in [-0.05, 0) is 30.0 Å². The Balaban J connectivity index is 1.91. The van der Waals surface area contributed by atoms with Gasteiger partial charge in [-0.3, -0.25) is 0 Å². The lowest BCUT2D eigenvalue weighted by Gasteiger charge is -2.24. The predicted molar refractivity (Wildman–Crippen MR) is 80.2 cm³/mol. The molecule has 110 valence electrons. The van der Waals surface area contributed by atoms with Crippen molar-refractivity contribution in [1.29, 1.82) is 0 Å². The number of fused-ring (bicyclic) bond motifs is 1. The van der Waals surface area contributed by atoms with Crippen molar-refractivity contribution >= 4 is 15.9 Å². The van der Waals surface area contributed by atoms with Crippen LogP contribution >= 0.6 is 15.9 Å². The van der Waals surface area contributed by atoms with Gasteiger partial charge >= 0.3 is 0 Å². The first kappa shape index (κ1) is 14.2. The summed E-state index contributed by atoms with van der Waals surface area (Å²) in [7, 11) is 0. The number of nitrogens with two attached hydrogens (primary N) is 1. The molecule has 3 atom stereocenters. The van der Waals surface area contributed by atoms with E-state index in [-0.39, 0.29) is 12.1 Å². The Labute approximate surface area is 127 Å². The minimum atomic E-state index is -0.154. The summed E-state index contributed by atoms with van der Waals surface area (Å²) in [4.78, 5) is 0. The molecular formula is C15H20BrNO3. The Kier molecular flexibility index (Phi) is 4.19. The monoisotopic (exact) mass is 341 g/mol. The van der Waals surface area contributed by atoms with Crippen molar-refractivity contribution in [2.24, 2.45) is 11.7 Å². The first-order valence-electron chi connectivity index (χ1n) is 7.13. The molecule has 2 aliphatic rings. The summed E-state index contributed by atoms with van der Waals surface area (Å²) < 4.78 is 18.2. The largest absolute Gasteiger partial charge is 0.490 e. The molecule has 0 saturated carbocycles. The highest BCUT2D eigenvalue weighted by molar-refractivity contribution is 9.10. The Morgan fingerprint density at radius 1 is 1.20 bits per heavy atom. The molecule has 0 aromatic heterocycles. The summed E-state index contributed by atoms with van der Waals surface area (Å²) in [5.41, 5.74) is 7.43. The number of rotatable bonds is 2. The lowest BCUT2D eigenvalue weighted by Crippen LogP contribution is -2.30. The van der Waals surface area contributed by atoms with E-state index in [0.717, 1.165) is 41.0 Å². The topological polar surface area (TPSA) is 53.7 Å². The smallest absolute Gasteiger partial charge is 0.162 e. The molecule has 1 aromatic carbocycles. The SMILES string of the molecule is CC1CCOC1C(N)c1cc2c(cc1Br)OCCCO2. The van der Waals surface area contributed by atoms with Crippen LogP contribution < -0.4 is 15.2 Å². The van der Waals surface area contributed by atoms with Gasteiger partial charge in [-0.2, -0.15) is 0 Å². The van der Waals surface area contributed by atoms with Gasteiger partial charge in [0.1, 0.15) is 0 Å². The van der Waals surface area contributed by atoms with Crippen LogP contribution in [-0.4, -0.2) is 25.9 Å². The van der Waals surface area contributed by atoms with Gasteiger partial charge in [-0.1, -0.05) is 22.9 Å². The third-order valence-electron chi connectivity index (χ3n) is 4.02. The number of hydrogen-bond acceptors (Lipinski definition) is 4. The zero-order chi connectivity index (χ0) is 14.1. The van der Waals surface area contributed by atoms with Gasteiger partial charge in [0.05, 0.1) is 25.4 Å². The summed E-state index contributed by atoms with van der Waals surface area (Å²) in [6.07, 6.45) is 2.04. The van der Waals surface area contributed by atoms with Gasteiger partial charge in [-0.25, -0.2) is 0 Å². The molecule has 2 heterocycles. The first-order valence-corrected chi connectivity index (χ1v) is 7.92. The molecule has 0 amide bonds. The summed E-state index contributed by atoms with van der Waals surface area (Å²) in [6, 6.07) is 3.79. The third kappa shape index (κ3) is 2.67. The number of ether oxygens (including phenoxy) is 3. The molecule has 0 bridgehead atoms. The van der Waals surface area contributed by atoms with E-state index >= 15 is 0 Å². The van der Waals surface area contributed by atoms with Crippen LogP contribution in [0.5, 0.6) is 11.5 Å². The normalized spacial score (nSPS) is 27.1. The van der Waals surface area contributed by atoms with Crippen molar-refractivity contribution in [2.45, 2.75) is 31.9 Å². The van der Waals surface area contributed by atoms with Gasteiger partial charge in [-0.15, -0.1) is 0 Å². The zero-order valence-corrected chi connectivity index (χ0v) is 13.2. The molecule has 20 heavy (non-hydrogen) atoms. The minimum Gasteiger partial charge on any atom is -0.490 e. The lowest BCUT2D eigenvalue weighted by atomic mass is 9.93. The van der Waals surface area contributed by atoms with Crippen LogP contribution in [0.3, 0.4) is 0 Å². The molecule has 3 rings (SSSR count). The first-order chi connectivity index (χ1) is 9.66. The molecule has 2 aliphatic heterocycles. The highest BCUT2D eigenvalue weighted by Crippen LogP contribution is 2.40. The molecule has 0 spiro atoms. The van der Waals surface area contributed by atoms with Crippen LogP contribution in [0.15, 0.2) is 16.6 Å². The standard InChI is InChI=1S/C15H20BrNO3/c1-9-3-6-20-15(9)14(17)10-7-12-13(8-11(10)16)19-5-2-4-18-12/h7-9,14-15H,2-6,17H2,1H3. The maximum absolute atomic E-state index is 6.41. The predicted octanol–water partition coefficient (Wildman–Crippen LogP) is 3.04. The average Bonchev–Trinajstić information content (AvgIpc) is 2.72. The third-order valence-corrected chi connectivity index (χ3v) is 4.71. The lowest BCUT2D eigenvalue weighted by molar-refractivity contribution is 0.0722. The molecule has 5 heteroatoms. The quantitative estimate of drug-likeness (QED) is 0.898. The molecule has 4 nitrogen and oxygen atoms in total. The number of hydrogen-bond donors (Lipinski definition) is 1. The Hall–Kier alpha value is -0.780. The van der Waals surface area contributed by atoms with Crippen LogP contribution in [0.25, 0.3) is 0 Å². The van der Waals surface area contributed by atoms with Gasteiger partial charge in [0.2, 0.25) is 0 Å². The van der Waals surface area contributed by atoms with Gasteiger partial charge in [0, 0.05) is 17.5 Å². The van der Waals surface area contributed by atoms with Crippen LogP contribution in [0.4, 0.5) is 0 Å². The van der Waals surface area contributed by atoms with E-state index < -0.39 is 0 Å². The minimum absolute atomic E-state index is 0.0658. The summed E-state index contributed by atoms with van der Waals surface area (Å²) in [5, 5.41) is 0. The highest BCUT2D eigenvalue weighted by Gasteiger charge is 2.32. The summed E-state index contributed by atoms with van der Waals surface area (Å²) in [5.74, 6) is 2.04. The van der Waals surface area contributed by atoms with Crippen molar-refractivity contribution < 1.29 is 14.2 Å². The fourth-order valence-corrected chi connectivity index (χ4v) is 3.39. The van der Waals surface area contributed by atoms with Crippen molar-refractivity contribution in [2.75, 3.05) is 19.8 Å². The molecule has 2 N–H and O–H groups in total. The molecular weight excluding hydrogens is 322 g/mol. The molecule has 1 fully saturated rings. The maximum atomic E-state index is 6.41. The van der Waals surface area contributed by atoms with Crippen LogP contribution in [-0.2, 0) is 4.74 Å². The summed E-state index contributed by atoms with van der Waals surface area (Å²) >= 11 is 3.60. The number of benzene rings is 1. The van der Waals surface area contributed by atoms with Crippen molar-refractivity contribution in [1.82, 2.24) is 0 Å². The molecule has 1 saturated heterocycles. The van der Waals surface area contributed by atoms with Crippen LogP contribution in [0.1, 0.15) is 31.4 Å². The van der Waals surface area contributed by atoms with E-state index in [0.29, 0.717) is 19.1 Å². The second kappa shape index (κ2) is 5.92. The van der Waals surface area contributed by atoms with Crippen molar-refractivity contribution in [3.05, 3.63) is 22.2 Å². The van der Waals surface area contributed by atoms with Gasteiger partial charge in [0.25, 0.3) is 0 Å². The second-order valence-electron chi connectivity index (χ2n) is 5.50. The maximum Gasteiger partial charge on any atom is 0.162 e. The second-order valence-corrected chi connectivity index (χ2v) is 6.35. The van der Waals surface area contributed by atoms with E-state index in [4.69, 9.17) is 19.9 Å². The van der Waals surface area contributed by atoms with E-state index in [1.54, 1.807) is 0 Å². The zero-order valence-electron chi connectivity index (χ0n) is 11.6. The Morgan fingerprint density at radius 3 is 2.55 bits per heavy atom. The van der Waals surface area contributed by atoms with E-state index in [2.05, 4.69) is 22.9 Å². The van der Waals surface area contributed by atoms with E-state index in [1.165, 1.54) is 0 Å². The van der Waals surface area contributed by atoms with Gasteiger partial charge < -0.3 is 19.9 Å². The van der Waals surface area contributed by atoms with E-state index in [1.807, 2.05) is 12.1 Å². The molecule has 0 aliphatic carbocycles. The van der Waals surface area contributed by atoms with Crippen molar-refractivity contribution in [3.8, 4) is 11.5 Å². The molecule has 1 aromatic rings. The van der Waals surface area contributed by atoms with Crippen molar-refractivity contribution in [3.63, 3.8) is 0 Å². The fraction of sp³-hybridized carbons (Fsp3) is 0.600. The summed E-state index contributed by atoms with van der Waals surface area (Å²) in [6.45, 7) is 4.35. The fourth-order valence-electron chi connectivity index (χ4n) is 2.81. The van der Waals surface area contributed by atoms with Crippen LogP contribution in [0.2, 0.25) is 0 Å². The number of halogens is 1. The Bertz CT molecular complexity index is 494. The van der Waals surface area contributed by atoms with Crippen LogP contribution in [0, 0.1) is 5.92 Å². The molecule has 3 unspecified atom stereocenters. The Morgan fingerprint density at radius 2 is 1.90 bits per heavy atom. The average molecular weight is 342 g/mol. The van der Waals surface area contributed by atoms with Gasteiger partial charge in [0.15, 0.2) is 11.5 Å². The van der Waals surface area contributed by atoms with E-state index in [9.17, 15) is 0 Å². The highest BCUT2D eigenvalue weighted by atomic mass is 79.9. The molecule has 0 radical (unpaired) electrons.